The van der Waals surface area contributed by atoms with E-state index >= 15 is 0 Å². The van der Waals surface area contributed by atoms with E-state index in [1.165, 1.54) is 25.7 Å². The Morgan fingerprint density at radius 2 is 2.06 bits per heavy atom. The largest absolute Gasteiger partial charge is 0.313 e. The molecule has 2 aliphatic rings. The molecule has 3 rings (SSSR count). The Balaban J connectivity index is 1.87. The SMILES string of the molecule is CNC(c1cc(C)cc(F)c1)C1CC2CCC1C2. The van der Waals surface area contributed by atoms with Gasteiger partial charge in [0.15, 0.2) is 0 Å². The minimum absolute atomic E-state index is 0.103. The first kappa shape index (κ1) is 12.2. The van der Waals surface area contributed by atoms with Gasteiger partial charge in [0.05, 0.1) is 0 Å². The maximum atomic E-state index is 13.6. The van der Waals surface area contributed by atoms with Crippen LogP contribution in [0.25, 0.3) is 0 Å². The molecule has 2 bridgehead atoms. The van der Waals surface area contributed by atoms with Crippen LogP contribution in [0.2, 0.25) is 0 Å². The molecule has 98 valence electrons. The van der Waals surface area contributed by atoms with Crippen LogP contribution in [0.5, 0.6) is 0 Å². The van der Waals surface area contributed by atoms with Crippen molar-refractivity contribution in [3.63, 3.8) is 0 Å². The molecule has 0 spiro atoms. The lowest BCUT2D eigenvalue weighted by Gasteiger charge is -2.31. The summed E-state index contributed by atoms with van der Waals surface area (Å²) in [6.45, 7) is 1.97. The molecule has 0 heterocycles. The van der Waals surface area contributed by atoms with E-state index in [0.717, 1.165) is 23.0 Å². The van der Waals surface area contributed by atoms with Gasteiger partial charge in [-0.1, -0.05) is 12.5 Å². The standard InChI is InChI=1S/C16H22FN/c1-10-5-13(9-14(17)6-10)16(18-2)15-8-11-3-4-12(15)7-11/h5-6,9,11-12,15-16,18H,3-4,7-8H2,1-2H3. The number of nitrogens with one attached hydrogen (secondary N) is 1. The van der Waals surface area contributed by atoms with Crippen molar-refractivity contribution in [2.75, 3.05) is 7.05 Å². The lowest BCUT2D eigenvalue weighted by molar-refractivity contribution is 0.259. The molecule has 0 saturated heterocycles. The summed E-state index contributed by atoms with van der Waals surface area (Å²) in [5, 5.41) is 3.43. The van der Waals surface area contributed by atoms with Gasteiger partial charge in [-0.3, -0.25) is 0 Å². The first-order chi connectivity index (χ1) is 8.67. The third kappa shape index (κ3) is 2.07. The van der Waals surface area contributed by atoms with Gasteiger partial charge in [0.2, 0.25) is 0 Å². The molecule has 1 N–H and O–H groups in total. The maximum absolute atomic E-state index is 13.6. The van der Waals surface area contributed by atoms with Gasteiger partial charge in [-0.25, -0.2) is 4.39 Å². The molecular weight excluding hydrogens is 225 g/mol. The van der Waals surface area contributed by atoms with Gasteiger partial charge < -0.3 is 5.32 Å². The molecule has 1 nitrogen and oxygen atoms in total. The lowest BCUT2D eigenvalue weighted by atomic mass is 9.80. The maximum Gasteiger partial charge on any atom is 0.123 e. The summed E-state index contributed by atoms with van der Waals surface area (Å²) in [4.78, 5) is 0. The molecule has 2 saturated carbocycles. The average molecular weight is 247 g/mol. The van der Waals surface area contributed by atoms with E-state index < -0.39 is 0 Å². The first-order valence-corrected chi connectivity index (χ1v) is 7.11. The molecule has 0 aliphatic heterocycles. The van der Waals surface area contributed by atoms with Crippen LogP contribution in [0.3, 0.4) is 0 Å². The Hall–Kier alpha value is -0.890. The van der Waals surface area contributed by atoms with Gasteiger partial charge in [-0.2, -0.15) is 0 Å². The third-order valence-corrected chi connectivity index (χ3v) is 4.96. The smallest absolute Gasteiger partial charge is 0.123 e. The molecular formula is C16H22FN. The van der Waals surface area contributed by atoms with Crippen molar-refractivity contribution in [1.82, 2.24) is 5.32 Å². The van der Waals surface area contributed by atoms with Crippen molar-refractivity contribution in [1.29, 1.82) is 0 Å². The Morgan fingerprint density at radius 3 is 2.61 bits per heavy atom. The van der Waals surface area contributed by atoms with E-state index in [-0.39, 0.29) is 5.82 Å². The van der Waals surface area contributed by atoms with Gasteiger partial charge in [0.1, 0.15) is 5.82 Å². The van der Waals surface area contributed by atoms with E-state index in [9.17, 15) is 4.39 Å². The van der Waals surface area contributed by atoms with Gasteiger partial charge in [-0.15, -0.1) is 0 Å². The second kappa shape index (κ2) is 4.65. The summed E-state index contributed by atoms with van der Waals surface area (Å²) < 4.78 is 13.6. The Bertz CT molecular complexity index is 422. The summed E-state index contributed by atoms with van der Waals surface area (Å²) in [5.41, 5.74) is 2.15. The van der Waals surface area contributed by atoms with Gasteiger partial charge >= 0.3 is 0 Å². The number of benzene rings is 1. The topological polar surface area (TPSA) is 12.0 Å². The zero-order valence-corrected chi connectivity index (χ0v) is 11.2. The number of fused-ring (bicyclic) bond motifs is 2. The van der Waals surface area contributed by atoms with E-state index in [1.807, 2.05) is 14.0 Å². The number of rotatable bonds is 3. The number of hydrogen-bond donors (Lipinski definition) is 1. The molecule has 18 heavy (non-hydrogen) atoms. The zero-order valence-electron chi connectivity index (χ0n) is 11.2. The van der Waals surface area contributed by atoms with Crippen molar-refractivity contribution >= 4 is 0 Å². The van der Waals surface area contributed by atoms with Crippen LogP contribution in [0.15, 0.2) is 18.2 Å². The molecule has 1 aromatic carbocycles. The molecule has 2 aliphatic carbocycles. The summed E-state index contributed by atoms with van der Waals surface area (Å²) >= 11 is 0. The summed E-state index contributed by atoms with van der Waals surface area (Å²) in [5.74, 6) is 2.39. The molecule has 4 atom stereocenters. The second-order valence-corrected chi connectivity index (χ2v) is 6.17. The van der Waals surface area contributed by atoms with Crippen LogP contribution in [0.4, 0.5) is 4.39 Å². The first-order valence-electron chi connectivity index (χ1n) is 7.11. The Labute approximate surface area is 109 Å². The fourth-order valence-electron chi connectivity index (χ4n) is 4.27. The minimum Gasteiger partial charge on any atom is -0.313 e. The van der Waals surface area contributed by atoms with Crippen LogP contribution in [0.1, 0.15) is 42.9 Å². The fraction of sp³-hybridized carbons (Fsp3) is 0.625. The number of halogens is 1. The predicted molar refractivity (Wildman–Crippen MR) is 71.9 cm³/mol. The van der Waals surface area contributed by atoms with Crippen molar-refractivity contribution < 1.29 is 4.39 Å². The van der Waals surface area contributed by atoms with Crippen molar-refractivity contribution in [3.8, 4) is 0 Å². The molecule has 0 aromatic heterocycles. The van der Waals surface area contributed by atoms with E-state index in [1.54, 1.807) is 12.1 Å². The Morgan fingerprint density at radius 1 is 1.22 bits per heavy atom. The van der Waals surface area contributed by atoms with Crippen molar-refractivity contribution in [2.45, 2.75) is 38.6 Å². The van der Waals surface area contributed by atoms with Crippen molar-refractivity contribution in [2.24, 2.45) is 17.8 Å². The van der Waals surface area contributed by atoms with Gasteiger partial charge in [0, 0.05) is 6.04 Å². The predicted octanol–water partition coefficient (Wildman–Crippen LogP) is 3.83. The van der Waals surface area contributed by atoms with Crippen LogP contribution < -0.4 is 5.32 Å². The fourth-order valence-corrected chi connectivity index (χ4v) is 4.27. The molecule has 2 fully saturated rings. The van der Waals surface area contributed by atoms with Crippen LogP contribution >= 0.6 is 0 Å². The third-order valence-electron chi connectivity index (χ3n) is 4.96. The van der Waals surface area contributed by atoms with Crippen LogP contribution in [-0.4, -0.2) is 7.05 Å². The normalized spacial score (nSPS) is 31.8. The van der Waals surface area contributed by atoms with Gasteiger partial charge in [-0.05, 0) is 74.2 Å². The quantitative estimate of drug-likeness (QED) is 0.856. The van der Waals surface area contributed by atoms with Crippen LogP contribution in [-0.2, 0) is 0 Å². The highest BCUT2D eigenvalue weighted by Gasteiger charge is 2.43. The molecule has 4 unspecified atom stereocenters. The van der Waals surface area contributed by atoms with E-state index in [0.29, 0.717) is 12.0 Å². The average Bonchev–Trinajstić information content (AvgIpc) is 2.90. The second-order valence-electron chi connectivity index (χ2n) is 6.17. The molecule has 1 aromatic rings. The molecule has 0 amide bonds. The lowest BCUT2D eigenvalue weighted by Crippen LogP contribution is -2.29. The highest BCUT2D eigenvalue weighted by atomic mass is 19.1. The summed E-state index contributed by atoms with van der Waals surface area (Å²) in [6, 6.07) is 5.78. The van der Waals surface area contributed by atoms with Gasteiger partial charge in [0.25, 0.3) is 0 Å². The summed E-state index contributed by atoms with van der Waals surface area (Å²) in [7, 11) is 2.01. The molecule has 0 radical (unpaired) electrons. The number of hydrogen-bond acceptors (Lipinski definition) is 1. The highest BCUT2D eigenvalue weighted by molar-refractivity contribution is 5.27. The van der Waals surface area contributed by atoms with E-state index in [4.69, 9.17) is 0 Å². The zero-order chi connectivity index (χ0) is 12.7. The molecule has 2 heteroatoms. The number of aryl methyl sites for hydroxylation is 1. The minimum atomic E-state index is -0.103. The van der Waals surface area contributed by atoms with Crippen molar-refractivity contribution in [3.05, 3.63) is 35.1 Å². The summed E-state index contributed by atoms with van der Waals surface area (Å²) in [6.07, 6.45) is 5.52. The Kier molecular flexibility index (Phi) is 3.14. The highest BCUT2D eigenvalue weighted by Crippen LogP contribution is 2.52. The van der Waals surface area contributed by atoms with Crippen LogP contribution in [0, 0.1) is 30.5 Å². The monoisotopic (exact) mass is 247 g/mol. The van der Waals surface area contributed by atoms with E-state index in [2.05, 4.69) is 11.4 Å².